The predicted molar refractivity (Wildman–Crippen MR) is 116 cm³/mol. The summed E-state index contributed by atoms with van der Waals surface area (Å²) in [6, 6.07) is 13.7. The smallest absolute Gasteiger partial charge is 0.264 e. The Labute approximate surface area is 178 Å². The minimum Gasteiger partial charge on any atom is -0.476 e. The van der Waals surface area contributed by atoms with Gasteiger partial charge in [0.1, 0.15) is 5.75 Å². The van der Waals surface area contributed by atoms with E-state index in [0.717, 1.165) is 18.4 Å². The van der Waals surface area contributed by atoms with Gasteiger partial charge in [0, 0.05) is 6.54 Å². The second kappa shape index (κ2) is 8.68. The van der Waals surface area contributed by atoms with Crippen LogP contribution in [0.25, 0.3) is 0 Å². The van der Waals surface area contributed by atoms with Crippen LogP contribution >= 0.6 is 0 Å². The van der Waals surface area contributed by atoms with E-state index in [1.807, 2.05) is 13.0 Å². The molecular formula is C23H28N2O4S. The number of hydrogen-bond acceptors (Lipinski definition) is 4. The van der Waals surface area contributed by atoms with Gasteiger partial charge < -0.3 is 10.1 Å². The fourth-order valence-corrected chi connectivity index (χ4v) is 5.68. The Kier molecular flexibility index (Phi) is 5.99. The Morgan fingerprint density at radius 2 is 1.83 bits per heavy atom. The monoisotopic (exact) mass is 428 g/mol. The molecule has 1 aliphatic carbocycles. The molecule has 0 unspecified atom stereocenters. The average Bonchev–Trinajstić information content (AvgIpc) is 2.78. The van der Waals surface area contributed by atoms with E-state index in [0.29, 0.717) is 23.9 Å². The van der Waals surface area contributed by atoms with Gasteiger partial charge in [-0.15, -0.1) is 0 Å². The van der Waals surface area contributed by atoms with E-state index in [9.17, 15) is 13.2 Å². The number of ether oxygens (including phenoxy) is 1. The number of aryl methyl sites for hydroxylation is 1. The maximum atomic E-state index is 13.4. The summed E-state index contributed by atoms with van der Waals surface area (Å²) < 4.78 is 34.0. The molecule has 0 aromatic heterocycles. The summed E-state index contributed by atoms with van der Waals surface area (Å²) in [5, 5.41) is 2.99. The first kappa shape index (κ1) is 20.7. The summed E-state index contributed by atoms with van der Waals surface area (Å²) >= 11 is 0. The zero-order valence-electron chi connectivity index (χ0n) is 17.2. The number of carbonyl (C=O) groups is 1. The van der Waals surface area contributed by atoms with Crippen molar-refractivity contribution in [1.29, 1.82) is 0 Å². The molecule has 1 saturated carbocycles. The summed E-state index contributed by atoms with van der Waals surface area (Å²) in [6.07, 6.45) is 5.04. The highest BCUT2D eigenvalue weighted by Crippen LogP contribution is 2.37. The third-order valence-corrected chi connectivity index (χ3v) is 7.69. The third kappa shape index (κ3) is 4.31. The number of hydrogen-bond donors (Lipinski definition) is 1. The summed E-state index contributed by atoms with van der Waals surface area (Å²) in [6.45, 7) is 2.46. The molecule has 1 aliphatic heterocycles. The Balaban J connectivity index is 1.58. The van der Waals surface area contributed by atoms with E-state index in [1.54, 1.807) is 42.5 Å². The Morgan fingerprint density at radius 3 is 2.57 bits per heavy atom. The second-order valence-electron chi connectivity index (χ2n) is 8.18. The predicted octanol–water partition coefficient (Wildman–Crippen LogP) is 3.65. The van der Waals surface area contributed by atoms with Gasteiger partial charge >= 0.3 is 0 Å². The van der Waals surface area contributed by atoms with Gasteiger partial charge in [0.05, 0.1) is 17.1 Å². The largest absolute Gasteiger partial charge is 0.476 e. The number of amides is 1. The lowest BCUT2D eigenvalue weighted by molar-refractivity contribution is -0.128. The summed E-state index contributed by atoms with van der Waals surface area (Å²) in [5.74, 6) is 0.634. The summed E-state index contributed by atoms with van der Waals surface area (Å²) in [7, 11) is -3.82. The van der Waals surface area contributed by atoms with Gasteiger partial charge in [-0.3, -0.25) is 9.10 Å². The van der Waals surface area contributed by atoms with Gasteiger partial charge in [-0.1, -0.05) is 43.5 Å². The van der Waals surface area contributed by atoms with Crippen LogP contribution in [0.1, 0.15) is 37.7 Å². The number of nitrogens with one attached hydrogen (secondary N) is 1. The first-order chi connectivity index (χ1) is 14.4. The second-order valence-corrected chi connectivity index (χ2v) is 10.0. The molecule has 0 radical (unpaired) electrons. The Morgan fingerprint density at radius 1 is 1.10 bits per heavy atom. The maximum Gasteiger partial charge on any atom is 0.264 e. The van der Waals surface area contributed by atoms with Crippen molar-refractivity contribution in [3.63, 3.8) is 0 Å². The lowest BCUT2D eigenvalue weighted by Crippen LogP contribution is -2.51. The maximum absolute atomic E-state index is 13.4. The molecule has 1 fully saturated rings. The molecule has 0 spiro atoms. The molecule has 1 N–H and O–H groups in total. The Hall–Kier alpha value is -2.54. The molecule has 4 rings (SSSR count). The van der Waals surface area contributed by atoms with Crippen molar-refractivity contribution >= 4 is 21.6 Å². The van der Waals surface area contributed by atoms with Crippen LogP contribution in [0.4, 0.5) is 5.69 Å². The van der Waals surface area contributed by atoms with Crippen molar-refractivity contribution < 1.29 is 17.9 Å². The molecule has 30 heavy (non-hydrogen) atoms. The summed E-state index contributed by atoms with van der Waals surface area (Å²) in [5.41, 5.74) is 1.39. The van der Waals surface area contributed by atoms with Crippen molar-refractivity contribution in [3.8, 4) is 5.75 Å². The molecule has 2 aromatic rings. The molecule has 0 saturated heterocycles. The van der Waals surface area contributed by atoms with Crippen molar-refractivity contribution in [2.75, 3.05) is 17.4 Å². The van der Waals surface area contributed by atoms with E-state index >= 15 is 0 Å². The first-order valence-corrected chi connectivity index (χ1v) is 12.0. The van der Waals surface area contributed by atoms with Crippen LogP contribution in [0.3, 0.4) is 0 Å². The highest BCUT2D eigenvalue weighted by Gasteiger charge is 2.37. The molecule has 7 heteroatoms. The van der Waals surface area contributed by atoms with E-state index in [-0.39, 0.29) is 17.3 Å². The fourth-order valence-electron chi connectivity index (χ4n) is 4.20. The van der Waals surface area contributed by atoms with Crippen LogP contribution in [0, 0.1) is 12.8 Å². The zero-order chi connectivity index (χ0) is 21.1. The van der Waals surface area contributed by atoms with Crippen LogP contribution in [-0.2, 0) is 14.8 Å². The van der Waals surface area contributed by atoms with Gasteiger partial charge in [0.25, 0.3) is 15.9 Å². The van der Waals surface area contributed by atoms with Crippen molar-refractivity contribution in [2.45, 2.75) is 50.0 Å². The first-order valence-electron chi connectivity index (χ1n) is 10.6. The van der Waals surface area contributed by atoms with Crippen LogP contribution < -0.4 is 14.4 Å². The molecular weight excluding hydrogens is 400 g/mol. The molecule has 1 amide bonds. The van der Waals surface area contributed by atoms with Crippen molar-refractivity contribution in [1.82, 2.24) is 5.32 Å². The number of fused-ring (bicyclic) bond motifs is 1. The van der Waals surface area contributed by atoms with Crippen LogP contribution in [-0.4, -0.2) is 33.5 Å². The lowest BCUT2D eigenvalue weighted by Gasteiger charge is -2.35. The molecule has 2 aliphatic rings. The molecule has 2 aromatic carbocycles. The minimum absolute atomic E-state index is 0.0514. The number of carbonyl (C=O) groups excluding carboxylic acids is 1. The van der Waals surface area contributed by atoms with E-state index < -0.39 is 16.1 Å². The average molecular weight is 429 g/mol. The molecule has 1 heterocycles. The van der Waals surface area contributed by atoms with Gasteiger partial charge in [-0.05, 0) is 55.5 Å². The zero-order valence-corrected chi connectivity index (χ0v) is 18.0. The van der Waals surface area contributed by atoms with Crippen LogP contribution in [0.2, 0.25) is 0 Å². The number of anilines is 1. The van der Waals surface area contributed by atoms with Gasteiger partial charge in [0.15, 0.2) is 6.10 Å². The number of benzene rings is 2. The molecule has 1 atom stereocenters. The van der Waals surface area contributed by atoms with Gasteiger partial charge in [-0.2, -0.15) is 0 Å². The highest BCUT2D eigenvalue weighted by molar-refractivity contribution is 7.92. The SMILES string of the molecule is Cc1ccc2c(c1)N(S(=O)(=O)c1ccccc1)C[C@@H](C(=O)NCC1CCCCC1)O2. The van der Waals surface area contributed by atoms with Gasteiger partial charge in [-0.25, -0.2) is 8.42 Å². The summed E-state index contributed by atoms with van der Waals surface area (Å²) in [4.78, 5) is 13.1. The van der Waals surface area contributed by atoms with Crippen LogP contribution in [0.5, 0.6) is 5.75 Å². The quantitative estimate of drug-likeness (QED) is 0.789. The minimum atomic E-state index is -3.82. The number of nitrogens with zero attached hydrogens (tertiary/aromatic N) is 1. The number of rotatable bonds is 5. The normalized spacial score (nSPS) is 19.6. The topological polar surface area (TPSA) is 75.7 Å². The molecule has 6 nitrogen and oxygen atoms in total. The molecule has 160 valence electrons. The molecule has 0 bridgehead atoms. The third-order valence-electron chi connectivity index (χ3n) is 5.90. The van der Waals surface area contributed by atoms with Gasteiger partial charge in [0.2, 0.25) is 0 Å². The van der Waals surface area contributed by atoms with Crippen molar-refractivity contribution in [3.05, 3.63) is 54.1 Å². The Bertz CT molecular complexity index is 1000. The van der Waals surface area contributed by atoms with E-state index in [1.165, 1.54) is 23.6 Å². The van der Waals surface area contributed by atoms with Crippen molar-refractivity contribution in [2.24, 2.45) is 5.92 Å². The fraction of sp³-hybridized carbons (Fsp3) is 0.435. The highest BCUT2D eigenvalue weighted by atomic mass is 32.2. The van der Waals surface area contributed by atoms with E-state index in [4.69, 9.17) is 4.74 Å². The van der Waals surface area contributed by atoms with Crippen LogP contribution in [0.15, 0.2) is 53.4 Å². The van der Waals surface area contributed by atoms with E-state index in [2.05, 4.69) is 5.32 Å². The standard InChI is InChI=1S/C23H28N2O4S/c1-17-12-13-21-20(14-17)25(30(27,28)19-10-6-3-7-11-19)16-22(29-21)23(26)24-15-18-8-4-2-5-9-18/h3,6-7,10-14,18,22H,2,4-5,8-9,15-16H2,1H3,(H,24,26)/t22-/m0/s1. The number of sulfonamides is 1. The lowest BCUT2D eigenvalue weighted by atomic mass is 9.89.